The lowest BCUT2D eigenvalue weighted by atomic mass is 10.1. The summed E-state index contributed by atoms with van der Waals surface area (Å²) in [6.07, 6.45) is 0.0930. The monoisotopic (exact) mass is 277 g/mol. The zero-order valence-corrected chi connectivity index (χ0v) is 10.5. The Bertz CT molecular complexity index is 562. The topological polar surface area (TPSA) is 63.7 Å². The molecule has 1 aliphatic heterocycles. The van der Waals surface area contributed by atoms with Gasteiger partial charge in [0.05, 0.1) is 11.1 Å². The van der Waals surface area contributed by atoms with Gasteiger partial charge in [-0.05, 0) is 24.5 Å². The summed E-state index contributed by atoms with van der Waals surface area (Å²) in [7, 11) is 0. The summed E-state index contributed by atoms with van der Waals surface area (Å²) in [4.78, 5) is 40.0. The summed E-state index contributed by atoms with van der Waals surface area (Å²) >= 11 is 0. The Balaban J connectivity index is 1.71. The van der Waals surface area contributed by atoms with E-state index < -0.39 is 24.0 Å². The summed E-state index contributed by atoms with van der Waals surface area (Å²) in [5.74, 6) is -2.46. The molecule has 0 radical (unpaired) electrons. The number of benzene rings is 1. The smallest absolute Gasteiger partial charge is 0.326 e. The maximum Gasteiger partial charge on any atom is 0.367 e. The number of carbonyl (C=O) groups excluding carboxylic acids is 3. The largest absolute Gasteiger partial charge is 0.367 e. The zero-order valence-electron chi connectivity index (χ0n) is 10.5. The average molecular weight is 277 g/mol. The molecule has 1 aromatic carbocycles. The van der Waals surface area contributed by atoms with Gasteiger partial charge in [-0.2, -0.15) is 0 Å². The SMILES string of the molecule is O=C(ON1C(=O)c2ccccc2C1=O)C(F)CC1CC1. The van der Waals surface area contributed by atoms with E-state index in [0.29, 0.717) is 5.06 Å². The molecule has 1 saturated carbocycles. The lowest BCUT2D eigenvalue weighted by Gasteiger charge is -2.14. The third kappa shape index (κ3) is 2.17. The van der Waals surface area contributed by atoms with Crippen LogP contribution in [0, 0.1) is 5.92 Å². The van der Waals surface area contributed by atoms with Gasteiger partial charge < -0.3 is 4.84 Å². The highest BCUT2D eigenvalue weighted by atomic mass is 19.1. The molecule has 1 unspecified atom stereocenters. The van der Waals surface area contributed by atoms with E-state index in [0.717, 1.165) is 12.8 Å². The number of rotatable bonds is 4. The van der Waals surface area contributed by atoms with Crippen molar-refractivity contribution in [3.8, 4) is 0 Å². The number of hydroxylamine groups is 2. The molecule has 0 spiro atoms. The van der Waals surface area contributed by atoms with Crippen LogP contribution in [0.25, 0.3) is 0 Å². The molecular formula is C14H12FNO4. The minimum atomic E-state index is -1.80. The molecule has 5 nitrogen and oxygen atoms in total. The molecule has 2 amide bonds. The Morgan fingerprint density at radius 3 is 2.30 bits per heavy atom. The Hall–Kier alpha value is -2.24. The first kappa shape index (κ1) is 12.8. The van der Waals surface area contributed by atoms with Gasteiger partial charge >= 0.3 is 5.97 Å². The number of carbonyl (C=O) groups is 3. The molecule has 1 aliphatic carbocycles. The van der Waals surface area contributed by atoms with Gasteiger partial charge in [-0.3, -0.25) is 9.59 Å². The van der Waals surface area contributed by atoms with Crippen molar-refractivity contribution in [3.63, 3.8) is 0 Å². The summed E-state index contributed by atoms with van der Waals surface area (Å²) in [5, 5.41) is 0.340. The first-order valence-electron chi connectivity index (χ1n) is 6.41. The van der Waals surface area contributed by atoms with Crippen molar-refractivity contribution in [1.29, 1.82) is 0 Å². The van der Waals surface area contributed by atoms with E-state index in [1.165, 1.54) is 12.1 Å². The molecule has 104 valence electrons. The second-order valence-corrected chi connectivity index (χ2v) is 5.01. The van der Waals surface area contributed by atoms with Crippen molar-refractivity contribution >= 4 is 17.8 Å². The lowest BCUT2D eigenvalue weighted by Crippen LogP contribution is -2.35. The van der Waals surface area contributed by atoms with Crippen LogP contribution in [0.4, 0.5) is 4.39 Å². The minimum absolute atomic E-state index is 0.0853. The highest BCUT2D eigenvalue weighted by Gasteiger charge is 2.40. The van der Waals surface area contributed by atoms with E-state index in [1.807, 2.05) is 0 Å². The number of alkyl halides is 1. The van der Waals surface area contributed by atoms with Crippen molar-refractivity contribution in [2.45, 2.75) is 25.4 Å². The fourth-order valence-electron chi connectivity index (χ4n) is 2.14. The van der Waals surface area contributed by atoms with Gasteiger partial charge in [-0.25, -0.2) is 9.18 Å². The number of nitrogens with zero attached hydrogens (tertiary/aromatic N) is 1. The van der Waals surface area contributed by atoms with Gasteiger partial charge in [0, 0.05) is 0 Å². The zero-order chi connectivity index (χ0) is 14.3. The Morgan fingerprint density at radius 2 is 1.80 bits per heavy atom. The third-order valence-electron chi connectivity index (χ3n) is 3.43. The summed E-state index contributed by atoms with van der Waals surface area (Å²) < 4.78 is 13.6. The van der Waals surface area contributed by atoms with Gasteiger partial charge in [0.15, 0.2) is 6.17 Å². The maximum absolute atomic E-state index is 13.6. The third-order valence-corrected chi connectivity index (χ3v) is 3.43. The lowest BCUT2D eigenvalue weighted by molar-refractivity contribution is -0.175. The molecule has 0 bridgehead atoms. The molecule has 1 atom stereocenters. The highest BCUT2D eigenvalue weighted by molar-refractivity contribution is 6.20. The predicted molar refractivity (Wildman–Crippen MR) is 65.3 cm³/mol. The first-order valence-corrected chi connectivity index (χ1v) is 6.41. The maximum atomic E-state index is 13.6. The van der Waals surface area contributed by atoms with Crippen molar-refractivity contribution in [3.05, 3.63) is 35.4 Å². The average Bonchev–Trinajstić information content (AvgIpc) is 3.23. The first-order chi connectivity index (χ1) is 9.58. The number of amides is 2. The van der Waals surface area contributed by atoms with Gasteiger partial charge in [-0.15, -0.1) is 0 Å². The number of hydrogen-bond acceptors (Lipinski definition) is 4. The normalized spacial score (nSPS) is 18.9. The summed E-state index contributed by atoms with van der Waals surface area (Å²) in [6, 6.07) is 6.11. The number of hydrogen-bond donors (Lipinski definition) is 0. The van der Waals surface area contributed by atoms with Crippen LogP contribution < -0.4 is 0 Å². The molecule has 1 fully saturated rings. The standard InChI is InChI=1S/C14H12FNO4/c15-11(7-8-5-6-8)14(19)20-16-12(17)9-3-1-2-4-10(9)13(16)18/h1-4,8,11H,5-7H2. The number of fused-ring (bicyclic) bond motifs is 1. The quantitative estimate of drug-likeness (QED) is 0.788. The van der Waals surface area contributed by atoms with Crippen LogP contribution >= 0.6 is 0 Å². The van der Waals surface area contributed by atoms with Crippen LogP contribution in [0.3, 0.4) is 0 Å². The molecular weight excluding hydrogens is 265 g/mol. The van der Waals surface area contributed by atoms with Crippen molar-refractivity contribution in [2.24, 2.45) is 5.92 Å². The Morgan fingerprint density at radius 1 is 1.25 bits per heavy atom. The van der Waals surface area contributed by atoms with E-state index in [1.54, 1.807) is 12.1 Å². The van der Waals surface area contributed by atoms with Crippen LogP contribution in [0.5, 0.6) is 0 Å². The molecule has 0 saturated heterocycles. The molecule has 6 heteroatoms. The molecule has 20 heavy (non-hydrogen) atoms. The van der Waals surface area contributed by atoms with Gasteiger partial charge in [0.2, 0.25) is 0 Å². The van der Waals surface area contributed by atoms with Crippen molar-refractivity contribution < 1.29 is 23.6 Å². The van der Waals surface area contributed by atoms with Gasteiger partial charge in [-0.1, -0.05) is 30.0 Å². The second kappa shape index (κ2) is 4.70. The number of halogens is 1. The van der Waals surface area contributed by atoms with Crippen molar-refractivity contribution in [1.82, 2.24) is 5.06 Å². The van der Waals surface area contributed by atoms with Crippen LogP contribution in [0.2, 0.25) is 0 Å². The fraction of sp³-hybridized carbons (Fsp3) is 0.357. The molecule has 3 rings (SSSR count). The number of imide groups is 1. The molecule has 0 N–H and O–H groups in total. The summed E-state index contributed by atoms with van der Waals surface area (Å²) in [6.45, 7) is 0. The minimum Gasteiger partial charge on any atom is -0.326 e. The van der Waals surface area contributed by atoms with Crippen LogP contribution in [-0.2, 0) is 9.63 Å². The highest BCUT2D eigenvalue weighted by Crippen LogP contribution is 2.34. The van der Waals surface area contributed by atoms with Gasteiger partial charge in [0.25, 0.3) is 11.8 Å². The molecule has 2 aliphatic rings. The second-order valence-electron chi connectivity index (χ2n) is 5.01. The Labute approximate surface area is 114 Å². The molecule has 1 aromatic rings. The van der Waals surface area contributed by atoms with E-state index in [-0.39, 0.29) is 23.5 Å². The van der Waals surface area contributed by atoms with Crippen molar-refractivity contribution in [2.75, 3.05) is 0 Å². The van der Waals surface area contributed by atoms with Crippen LogP contribution in [-0.4, -0.2) is 29.0 Å². The fourth-order valence-corrected chi connectivity index (χ4v) is 2.14. The Kier molecular flexibility index (Phi) is 3.00. The van der Waals surface area contributed by atoms with E-state index in [2.05, 4.69) is 4.84 Å². The molecule has 1 heterocycles. The molecule has 0 aromatic heterocycles. The van der Waals surface area contributed by atoms with Crippen LogP contribution in [0.15, 0.2) is 24.3 Å². The van der Waals surface area contributed by atoms with Gasteiger partial charge in [0.1, 0.15) is 0 Å². The van der Waals surface area contributed by atoms with Crippen LogP contribution in [0.1, 0.15) is 40.0 Å². The predicted octanol–water partition coefficient (Wildman–Crippen LogP) is 1.88. The van der Waals surface area contributed by atoms with E-state index in [4.69, 9.17) is 0 Å². The summed E-state index contributed by atoms with van der Waals surface area (Å²) in [5.41, 5.74) is 0.311. The van der Waals surface area contributed by atoms with E-state index in [9.17, 15) is 18.8 Å². The van der Waals surface area contributed by atoms with E-state index >= 15 is 0 Å².